The first-order valence-corrected chi connectivity index (χ1v) is 8.52. The molecule has 0 bridgehead atoms. The van der Waals surface area contributed by atoms with Gasteiger partial charge >= 0.3 is 5.97 Å². The van der Waals surface area contributed by atoms with Crippen LogP contribution in [0.1, 0.15) is 27.3 Å². The molecule has 0 aliphatic carbocycles. The van der Waals surface area contributed by atoms with E-state index < -0.39 is 0 Å². The van der Waals surface area contributed by atoms with Crippen LogP contribution in [0.5, 0.6) is 11.5 Å². The van der Waals surface area contributed by atoms with E-state index in [1.165, 1.54) is 0 Å². The Bertz CT molecular complexity index is 948. The lowest BCUT2D eigenvalue weighted by Crippen LogP contribution is -2.08. The maximum Gasteiger partial charge on any atom is 0.340 e. The quantitative estimate of drug-likeness (QED) is 0.620. The summed E-state index contributed by atoms with van der Waals surface area (Å²) in [7, 11) is 3.17. The Labute approximate surface area is 158 Å². The van der Waals surface area contributed by atoms with Gasteiger partial charge in [-0.1, -0.05) is 0 Å². The smallest absolute Gasteiger partial charge is 0.340 e. The summed E-state index contributed by atoms with van der Waals surface area (Å²) in [5, 5.41) is 0. The molecule has 3 rings (SSSR count). The molecule has 0 atom stereocenters. The van der Waals surface area contributed by atoms with E-state index in [1.54, 1.807) is 44.8 Å². The first-order chi connectivity index (χ1) is 13.0. The van der Waals surface area contributed by atoms with Gasteiger partial charge in [0.15, 0.2) is 0 Å². The molecule has 27 heavy (non-hydrogen) atoms. The van der Waals surface area contributed by atoms with E-state index in [1.807, 2.05) is 36.6 Å². The van der Waals surface area contributed by atoms with Crippen LogP contribution in [-0.2, 0) is 11.3 Å². The van der Waals surface area contributed by atoms with Gasteiger partial charge in [-0.05, 0) is 50.2 Å². The van der Waals surface area contributed by atoms with Gasteiger partial charge in [0.05, 0.1) is 31.7 Å². The van der Waals surface area contributed by atoms with Crippen LogP contribution in [0.2, 0.25) is 0 Å². The van der Waals surface area contributed by atoms with Crippen molar-refractivity contribution >= 4 is 5.97 Å². The summed E-state index contributed by atoms with van der Waals surface area (Å²) >= 11 is 0. The Kier molecular flexibility index (Phi) is 5.45. The second kappa shape index (κ2) is 7.95. The zero-order valence-electron chi connectivity index (χ0n) is 15.9. The van der Waals surface area contributed by atoms with Crippen molar-refractivity contribution in [1.29, 1.82) is 0 Å². The van der Waals surface area contributed by atoms with Crippen LogP contribution in [0.3, 0.4) is 0 Å². The van der Waals surface area contributed by atoms with Crippen LogP contribution in [-0.4, -0.2) is 29.7 Å². The SMILES string of the molecule is COc1ccc(OC)c(COC(=O)c2cc(C)n(-c3cccnc3)c2C)c1. The molecule has 0 amide bonds. The summed E-state index contributed by atoms with van der Waals surface area (Å²) in [6.07, 6.45) is 3.48. The zero-order chi connectivity index (χ0) is 19.4. The van der Waals surface area contributed by atoms with E-state index in [-0.39, 0.29) is 12.6 Å². The van der Waals surface area contributed by atoms with Crippen LogP contribution in [0.25, 0.3) is 5.69 Å². The topological polar surface area (TPSA) is 62.6 Å². The standard InChI is InChI=1S/C21H22N2O4/c1-14-10-19(15(2)23(14)17-6-5-9-22-12-17)21(24)27-13-16-11-18(25-3)7-8-20(16)26-4/h5-12H,13H2,1-4H3. The first kappa shape index (κ1) is 18.5. The number of aromatic nitrogens is 2. The van der Waals surface area contributed by atoms with Gasteiger partial charge in [0.2, 0.25) is 0 Å². The number of pyridine rings is 1. The lowest BCUT2D eigenvalue weighted by atomic mass is 10.2. The fraction of sp³-hybridized carbons (Fsp3) is 0.238. The third-order valence-corrected chi connectivity index (χ3v) is 4.40. The monoisotopic (exact) mass is 366 g/mol. The number of nitrogens with zero attached hydrogens (tertiary/aromatic N) is 2. The number of rotatable bonds is 6. The minimum atomic E-state index is -0.386. The number of aryl methyl sites for hydroxylation is 1. The van der Waals surface area contributed by atoms with Gasteiger partial charge in [0.25, 0.3) is 0 Å². The summed E-state index contributed by atoms with van der Waals surface area (Å²) in [4.78, 5) is 16.8. The molecule has 6 nitrogen and oxygen atoms in total. The first-order valence-electron chi connectivity index (χ1n) is 8.52. The van der Waals surface area contributed by atoms with Gasteiger partial charge in [-0.2, -0.15) is 0 Å². The molecule has 0 aliphatic heterocycles. The normalized spacial score (nSPS) is 10.5. The number of esters is 1. The fourth-order valence-electron chi connectivity index (χ4n) is 3.07. The highest BCUT2D eigenvalue weighted by Gasteiger charge is 2.19. The Morgan fingerprint density at radius 1 is 1.11 bits per heavy atom. The van der Waals surface area contributed by atoms with Gasteiger partial charge in [-0.3, -0.25) is 4.98 Å². The molecule has 140 valence electrons. The van der Waals surface area contributed by atoms with Crippen LogP contribution in [0, 0.1) is 13.8 Å². The number of benzene rings is 1. The third-order valence-electron chi connectivity index (χ3n) is 4.40. The molecule has 2 aromatic heterocycles. The molecule has 6 heteroatoms. The Morgan fingerprint density at radius 2 is 1.93 bits per heavy atom. The van der Waals surface area contributed by atoms with Gasteiger partial charge in [-0.15, -0.1) is 0 Å². The maximum atomic E-state index is 12.7. The van der Waals surface area contributed by atoms with Gasteiger partial charge in [-0.25, -0.2) is 4.79 Å². The second-order valence-electron chi connectivity index (χ2n) is 6.09. The molecule has 1 aromatic carbocycles. The van der Waals surface area contributed by atoms with Crippen LogP contribution >= 0.6 is 0 Å². The maximum absolute atomic E-state index is 12.7. The van der Waals surface area contributed by atoms with Gasteiger partial charge < -0.3 is 18.8 Å². The van der Waals surface area contributed by atoms with Crippen molar-refractivity contribution in [3.05, 3.63) is 71.3 Å². The molecular formula is C21H22N2O4. The number of hydrogen-bond donors (Lipinski definition) is 0. The average molecular weight is 366 g/mol. The van der Waals surface area contributed by atoms with Gasteiger partial charge in [0.1, 0.15) is 18.1 Å². The van der Waals surface area contributed by atoms with Crippen LogP contribution < -0.4 is 9.47 Å². The lowest BCUT2D eigenvalue weighted by Gasteiger charge is -2.11. The molecule has 0 spiro atoms. The summed E-state index contributed by atoms with van der Waals surface area (Å²) < 4.78 is 18.1. The molecule has 2 heterocycles. The van der Waals surface area contributed by atoms with Crippen molar-refractivity contribution in [2.45, 2.75) is 20.5 Å². The Hall–Kier alpha value is -3.28. The predicted octanol–water partition coefficient (Wildman–Crippen LogP) is 3.86. The summed E-state index contributed by atoms with van der Waals surface area (Å²) in [5.74, 6) is 0.934. The lowest BCUT2D eigenvalue weighted by molar-refractivity contribution is 0.0469. The van der Waals surface area contributed by atoms with E-state index in [4.69, 9.17) is 14.2 Å². The molecule has 0 aliphatic rings. The summed E-state index contributed by atoms with van der Waals surface area (Å²) in [6, 6.07) is 11.0. The molecule has 0 saturated heterocycles. The van der Waals surface area contributed by atoms with Crippen LogP contribution in [0.4, 0.5) is 0 Å². The average Bonchev–Trinajstić information content (AvgIpc) is 3.00. The number of carbonyl (C=O) groups is 1. The highest BCUT2D eigenvalue weighted by molar-refractivity contribution is 5.91. The molecule has 0 radical (unpaired) electrons. The van der Waals surface area contributed by atoms with E-state index in [0.29, 0.717) is 17.1 Å². The minimum absolute atomic E-state index is 0.0930. The summed E-state index contributed by atoms with van der Waals surface area (Å²) in [6.45, 7) is 3.93. The zero-order valence-corrected chi connectivity index (χ0v) is 15.9. The highest BCUT2D eigenvalue weighted by Crippen LogP contribution is 2.26. The van der Waals surface area contributed by atoms with Crippen LogP contribution in [0.15, 0.2) is 48.8 Å². The largest absolute Gasteiger partial charge is 0.497 e. The Balaban J connectivity index is 1.82. The van der Waals surface area contributed by atoms with Crippen molar-refractivity contribution in [3.8, 4) is 17.2 Å². The van der Waals surface area contributed by atoms with Crippen molar-refractivity contribution in [2.75, 3.05) is 14.2 Å². The molecule has 0 saturated carbocycles. The van der Waals surface area contributed by atoms with E-state index in [0.717, 1.165) is 22.6 Å². The van der Waals surface area contributed by atoms with E-state index in [2.05, 4.69) is 4.98 Å². The minimum Gasteiger partial charge on any atom is -0.497 e. The second-order valence-corrected chi connectivity index (χ2v) is 6.09. The molecule has 0 unspecified atom stereocenters. The number of hydrogen-bond acceptors (Lipinski definition) is 5. The van der Waals surface area contributed by atoms with Gasteiger partial charge in [0, 0.05) is 23.1 Å². The number of ether oxygens (including phenoxy) is 3. The molecule has 0 fully saturated rings. The highest BCUT2D eigenvalue weighted by atomic mass is 16.5. The summed E-state index contributed by atoms with van der Waals surface area (Å²) in [5.41, 5.74) is 3.92. The fourth-order valence-corrected chi connectivity index (χ4v) is 3.07. The predicted molar refractivity (Wildman–Crippen MR) is 102 cm³/mol. The number of methoxy groups -OCH3 is 2. The Morgan fingerprint density at radius 3 is 2.59 bits per heavy atom. The molecule has 3 aromatic rings. The van der Waals surface area contributed by atoms with Crippen molar-refractivity contribution in [2.24, 2.45) is 0 Å². The molecule has 0 N–H and O–H groups in total. The van der Waals surface area contributed by atoms with E-state index >= 15 is 0 Å². The van der Waals surface area contributed by atoms with Crippen molar-refractivity contribution < 1.29 is 19.0 Å². The van der Waals surface area contributed by atoms with E-state index in [9.17, 15) is 4.79 Å². The number of carbonyl (C=O) groups excluding carboxylic acids is 1. The van der Waals surface area contributed by atoms with Crippen molar-refractivity contribution in [1.82, 2.24) is 9.55 Å². The van der Waals surface area contributed by atoms with Crippen molar-refractivity contribution in [3.63, 3.8) is 0 Å². The molecular weight excluding hydrogens is 344 g/mol. The third kappa shape index (κ3) is 3.79.